The third-order valence-electron chi connectivity index (χ3n) is 1.93. The van der Waals surface area contributed by atoms with Crippen molar-refractivity contribution >= 4 is 5.97 Å². The van der Waals surface area contributed by atoms with Gasteiger partial charge >= 0.3 is 5.97 Å². The summed E-state index contributed by atoms with van der Waals surface area (Å²) in [4.78, 5) is 10.8. The van der Waals surface area contributed by atoms with Gasteiger partial charge in [0.1, 0.15) is 11.6 Å². The Balaban J connectivity index is 2.82. The summed E-state index contributed by atoms with van der Waals surface area (Å²) >= 11 is 0. The maximum atomic E-state index is 13.2. The summed E-state index contributed by atoms with van der Waals surface area (Å²) < 4.78 is 17.5. The summed E-state index contributed by atoms with van der Waals surface area (Å²) in [6.45, 7) is 0. The van der Waals surface area contributed by atoms with Gasteiger partial charge in [-0.2, -0.15) is 0 Å². The minimum absolute atomic E-state index is 0.0433. The fraction of sp³-hybridized carbons (Fsp3) is 0.300. The molecule has 0 fully saturated rings. The van der Waals surface area contributed by atoms with Gasteiger partial charge in [0.05, 0.1) is 19.6 Å². The standard InChI is InChI=1S/C10H11FO4/c1-15-10(14)5-9(13)7-3-2-6(12)4-8(7)11/h2-4,9,12-13H,5H2,1H3. The molecule has 1 unspecified atom stereocenters. The molecule has 82 valence electrons. The Kier molecular flexibility index (Phi) is 3.62. The number of phenols is 1. The van der Waals surface area contributed by atoms with Crippen molar-refractivity contribution in [2.45, 2.75) is 12.5 Å². The molecule has 2 N–H and O–H groups in total. The zero-order valence-corrected chi connectivity index (χ0v) is 8.11. The monoisotopic (exact) mass is 214 g/mol. The van der Waals surface area contributed by atoms with Crippen molar-refractivity contribution in [2.24, 2.45) is 0 Å². The average Bonchev–Trinajstić information content (AvgIpc) is 2.17. The lowest BCUT2D eigenvalue weighted by Gasteiger charge is -2.10. The van der Waals surface area contributed by atoms with Gasteiger partial charge in [0.25, 0.3) is 0 Å². The highest BCUT2D eigenvalue weighted by Crippen LogP contribution is 2.23. The molecule has 1 aromatic rings. The number of aliphatic hydroxyl groups is 1. The van der Waals surface area contributed by atoms with Gasteiger partial charge in [-0.05, 0) is 12.1 Å². The molecule has 15 heavy (non-hydrogen) atoms. The van der Waals surface area contributed by atoms with Crippen LogP contribution in [0.25, 0.3) is 0 Å². The van der Waals surface area contributed by atoms with Crippen molar-refractivity contribution < 1.29 is 24.1 Å². The van der Waals surface area contributed by atoms with Crippen LogP contribution in [0.3, 0.4) is 0 Å². The molecule has 4 nitrogen and oxygen atoms in total. The Hall–Kier alpha value is -1.62. The number of aromatic hydroxyl groups is 1. The fourth-order valence-corrected chi connectivity index (χ4v) is 1.14. The molecule has 1 rings (SSSR count). The highest BCUT2D eigenvalue weighted by molar-refractivity contribution is 5.70. The number of hydrogen-bond donors (Lipinski definition) is 2. The average molecular weight is 214 g/mol. The molecule has 0 saturated heterocycles. The van der Waals surface area contributed by atoms with Crippen molar-refractivity contribution in [3.8, 4) is 5.75 Å². The first-order valence-electron chi connectivity index (χ1n) is 4.28. The van der Waals surface area contributed by atoms with E-state index in [0.717, 1.165) is 6.07 Å². The third-order valence-corrected chi connectivity index (χ3v) is 1.93. The van der Waals surface area contributed by atoms with Crippen molar-refractivity contribution in [2.75, 3.05) is 7.11 Å². The van der Waals surface area contributed by atoms with Gasteiger partial charge in [-0.25, -0.2) is 4.39 Å². The molecule has 1 aromatic carbocycles. The molecule has 0 heterocycles. The van der Waals surface area contributed by atoms with Crippen LogP contribution in [0.1, 0.15) is 18.1 Å². The summed E-state index contributed by atoms with van der Waals surface area (Å²) in [6, 6.07) is 3.33. The van der Waals surface area contributed by atoms with E-state index in [4.69, 9.17) is 5.11 Å². The van der Waals surface area contributed by atoms with Crippen LogP contribution in [0.5, 0.6) is 5.75 Å². The molecule has 0 aliphatic heterocycles. The normalized spacial score (nSPS) is 12.2. The number of methoxy groups -OCH3 is 1. The molecule has 0 radical (unpaired) electrons. The Morgan fingerprint density at radius 1 is 1.60 bits per heavy atom. The minimum atomic E-state index is -1.27. The number of ether oxygens (including phenoxy) is 1. The lowest BCUT2D eigenvalue weighted by molar-refractivity contribution is -0.142. The molecule has 0 aliphatic carbocycles. The zero-order chi connectivity index (χ0) is 11.4. The number of aliphatic hydroxyl groups excluding tert-OH is 1. The molecule has 0 aliphatic rings. The fourth-order valence-electron chi connectivity index (χ4n) is 1.14. The van der Waals surface area contributed by atoms with E-state index in [2.05, 4.69) is 4.74 Å². The molecule has 0 amide bonds. The predicted molar refractivity (Wildman–Crippen MR) is 49.7 cm³/mol. The number of rotatable bonds is 3. The second-order valence-electron chi connectivity index (χ2n) is 3.00. The van der Waals surface area contributed by atoms with Crippen LogP contribution in [0.2, 0.25) is 0 Å². The number of hydrogen-bond acceptors (Lipinski definition) is 4. The van der Waals surface area contributed by atoms with Gasteiger partial charge < -0.3 is 14.9 Å². The molecular formula is C10H11FO4. The number of carbonyl (C=O) groups is 1. The Labute approximate surface area is 85.9 Å². The van der Waals surface area contributed by atoms with Crippen molar-refractivity contribution in [1.29, 1.82) is 0 Å². The number of benzene rings is 1. The van der Waals surface area contributed by atoms with Gasteiger partial charge in [-0.3, -0.25) is 4.79 Å². The molecule has 0 spiro atoms. The maximum Gasteiger partial charge on any atom is 0.308 e. The van der Waals surface area contributed by atoms with E-state index in [9.17, 15) is 14.3 Å². The van der Waals surface area contributed by atoms with E-state index in [1.807, 2.05) is 0 Å². The minimum Gasteiger partial charge on any atom is -0.508 e. The Bertz CT molecular complexity index is 364. The number of carbonyl (C=O) groups excluding carboxylic acids is 1. The van der Waals surface area contributed by atoms with Crippen molar-refractivity contribution in [1.82, 2.24) is 0 Å². The lowest BCUT2D eigenvalue weighted by Crippen LogP contribution is -2.09. The third kappa shape index (κ3) is 2.92. The highest BCUT2D eigenvalue weighted by atomic mass is 19.1. The van der Waals surface area contributed by atoms with Gasteiger partial charge in [-0.15, -0.1) is 0 Å². The van der Waals surface area contributed by atoms with E-state index in [-0.39, 0.29) is 17.7 Å². The van der Waals surface area contributed by atoms with E-state index in [1.54, 1.807) is 0 Å². The predicted octanol–water partition coefficient (Wildman–Crippen LogP) is 1.13. The number of phenolic OH excluding ortho intramolecular Hbond substituents is 1. The van der Waals surface area contributed by atoms with E-state index < -0.39 is 17.9 Å². The summed E-state index contributed by atoms with van der Waals surface area (Å²) in [5.41, 5.74) is -0.0433. The summed E-state index contributed by atoms with van der Waals surface area (Å²) in [5, 5.41) is 18.4. The van der Waals surface area contributed by atoms with Gasteiger partial charge in [0.15, 0.2) is 0 Å². The molecule has 0 bridgehead atoms. The summed E-state index contributed by atoms with van der Waals surface area (Å²) in [7, 11) is 1.18. The van der Waals surface area contributed by atoms with Crippen LogP contribution >= 0.6 is 0 Å². The van der Waals surface area contributed by atoms with E-state index in [0.29, 0.717) is 0 Å². The first-order valence-corrected chi connectivity index (χ1v) is 4.28. The first-order chi connectivity index (χ1) is 7.04. The van der Waals surface area contributed by atoms with Crippen LogP contribution in [-0.2, 0) is 9.53 Å². The molecule has 0 aromatic heterocycles. The smallest absolute Gasteiger partial charge is 0.308 e. The molecule has 5 heteroatoms. The van der Waals surface area contributed by atoms with Gasteiger partial charge in [0, 0.05) is 11.6 Å². The van der Waals surface area contributed by atoms with Gasteiger partial charge in [-0.1, -0.05) is 0 Å². The van der Waals surface area contributed by atoms with Gasteiger partial charge in [0.2, 0.25) is 0 Å². The van der Waals surface area contributed by atoms with E-state index in [1.165, 1.54) is 19.2 Å². The zero-order valence-electron chi connectivity index (χ0n) is 8.11. The number of halogens is 1. The lowest BCUT2D eigenvalue weighted by atomic mass is 10.1. The van der Waals surface area contributed by atoms with Crippen LogP contribution in [0, 0.1) is 5.82 Å². The Morgan fingerprint density at radius 2 is 2.27 bits per heavy atom. The topological polar surface area (TPSA) is 66.8 Å². The second-order valence-corrected chi connectivity index (χ2v) is 3.00. The van der Waals surface area contributed by atoms with Crippen LogP contribution < -0.4 is 0 Å². The quantitative estimate of drug-likeness (QED) is 0.740. The molecule has 0 saturated carbocycles. The number of esters is 1. The largest absolute Gasteiger partial charge is 0.508 e. The van der Waals surface area contributed by atoms with Crippen molar-refractivity contribution in [3.05, 3.63) is 29.6 Å². The Morgan fingerprint density at radius 3 is 2.80 bits per heavy atom. The first kappa shape index (κ1) is 11.5. The highest BCUT2D eigenvalue weighted by Gasteiger charge is 2.17. The molecular weight excluding hydrogens is 203 g/mol. The van der Waals surface area contributed by atoms with E-state index >= 15 is 0 Å². The van der Waals surface area contributed by atoms with Crippen molar-refractivity contribution in [3.63, 3.8) is 0 Å². The van der Waals surface area contributed by atoms with Crippen LogP contribution in [0.4, 0.5) is 4.39 Å². The second kappa shape index (κ2) is 4.75. The van der Waals surface area contributed by atoms with Crippen LogP contribution in [-0.4, -0.2) is 23.3 Å². The molecule has 1 atom stereocenters. The van der Waals surface area contributed by atoms with Crippen LogP contribution in [0.15, 0.2) is 18.2 Å². The summed E-state index contributed by atoms with van der Waals surface area (Å²) in [6.07, 6.45) is -1.59. The summed E-state index contributed by atoms with van der Waals surface area (Å²) in [5.74, 6) is -1.62. The maximum absolute atomic E-state index is 13.2. The SMILES string of the molecule is COC(=O)CC(O)c1ccc(O)cc1F.